The van der Waals surface area contributed by atoms with Crippen LogP contribution >= 0.6 is 0 Å². The highest BCUT2D eigenvalue weighted by Gasteiger charge is 2.44. The fourth-order valence-electron chi connectivity index (χ4n) is 5.10. The maximum absolute atomic E-state index is 13.2. The Hall–Kier alpha value is -2.37. The van der Waals surface area contributed by atoms with Gasteiger partial charge in [-0.3, -0.25) is 4.79 Å². The van der Waals surface area contributed by atoms with E-state index in [2.05, 4.69) is 19.9 Å². The number of piperidine rings is 1. The van der Waals surface area contributed by atoms with Gasteiger partial charge in [0.15, 0.2) is 0 Å². The maximum Gasteiger partial charge on any atom is 0.253 e. The number of carbonyl (C=O) groups is 1. The summed E-state index contributed by atoms with van der Waals surface area (Å²) in [6.45, 7) is 10.9. The van der Waals surface area contributed by atoms with Gasteiger partial charge in [-0.05, 0) is 63.9 Å². The second-order valence-electron chi connectivity index (χ2n) is 10.1. The number of fused-ring (bicyclic) bond motifs is 1. The first kappa shape index (κ1) is 22.8. The molecule has 5 heteroatoms. The number of benzene rings is 2. The predicted octanol–water partition coefficient (Wildman–Crippen LogP) is 5.15. The number of hydrogen-bond acceptors (Lipinski definition) is 4. The van der Waals surface area contributed by atoms with Crippen LogP contribution in [0.2, 0.25) is 0 Å². The number of likely N-dealkylation sites (tertiary alicyclic amines) is 1. The lowest BCUT2D eigenvalue weighted by atomic mass is 9.81. The van der Waals surface area contributed by atoms with Gasteiger partial charge >= 0.3 is 0 Å². The molecule has 1 amide bonds. The van der Waals surface area contributed by atoms with Crippen molar-refractivity contribution in [2.24, 2.45) is 0 Å². The molecule has 1 spiro atoms. The first-order valence-corrected chi connectivity index (χ1v) is 11.6. The zero-order chi connectivity index (χ0) is 23.1. The Balaban J connectivity index is 1.48. The third-order valence-electron chi connectivity index (χ3n) is 6.68. The molecule has 1 saturated heterocycles. The average molecular weight is 438 g/mol. The lowest BCUT2D eigenvalue weighted by Gasteiger charge is -2.47. The van der Waals surface area contributed by atoms with E-state index in [4.69, 9.17) is 9.47 Å². The Morgan fingerprint density at radius 2 is 1.88 bits per heavy atom. The standard InChI is InChI=1S/C27H35NO4/c1-18(2)31-24-17-27(32-23-9-7-6-8-21(23)24)12-14-28(15-13-27)25(29)20-10-11-22(19(3)16-20)26(4,5)30/h6-11,16,18,24,30H,12-15,17H2,1-5H3/t24-/m1/s1. The van der Waals surface area contributed by atoms with E-state index in [0.29, 0.717) is 18.7 Å². The van der Waals surface area contributed by atoms with Crippen LogP contribution < -0.4 is 4.74 Å². The monoisotopic (exact) mass is 437 g/mol. The van der Waals surface area contributed by atoms with E-state index in [1.54, 1.807) is 13.8 Å². The third kappa shape index (κ3) is 4.55. The average Bonchev–Trinajstić information content (AvgIpc) is 2.72. The smallest absolute Gasteiger partial charge is 0.253 e. The molecule has 4 rings (SSSR count). The summed E-state index contributed by atoms with van der Waals surface area (Å²) in [5.74, 6) is 0.943. The fraction of sp³-hybridized carbons (Fsp3) is 0.519. The quantitative estimate of drug-likeness (QED) is 0.719. The number of para-hydroxylation sites is 1. The van der Waals surface area contributed by atoms with Gasteiger partial charge in [0.25, 0.3) is 5.91 Å². The molecule has 2 heterocycles. The molecule has 0 aliphatic carbocycles. The van der Waals surface area contributed by atoms with E-state index in [1.165, 1.54) is 0 Å². The topological polar surface area (TPSA) is 59.0 Å². The van der Waals surface area contributed by atoms with Crippen molar-refractivity contribution in [3.8, 4) is 5.75 Å². The number of ether oxygens (including phenoxy) is 2. The molecule has 1 fully saturated rings. The van der Waals surface area contributed by atoms with E-state index < -0.39 is 5.60 Å². The Bertz CT molecular complexity index is 983. The first-order chi connectivity index (χ1) is 15.1. The minimum Gasteiger partial charge on any atom is -0.487 e. The summed E-state index contributed by atoms with van der Waals surface area (Å²) in [5.41, 5.74) is 2.34. The largest absolute Gasteiger partial charge is 0.487 e. The van der Waals surface area contributed by atoms with E-state index in [0.717, 1.165) is 41.7 Å². The van der Waals surface area contributed by atoms with E-state index in [9.17, 15) is 9.90 Å². The van der Waals surface area contributed by atoms with Crippen LogP contribution in [-0.2, 0) is 10.3 Å². The molecule has 2 aromatic rings. The van der Waals surface area contributed by atoms with Crippen molar-refractivity contribution in [3.05, 3.63) is 64.7 Å². The van der Waals surface area contributed by atoms with Crippen LogP contribution in [0.15, 0.2) is 42.5 Å². The SMILES string of the molecule is Cc1cc(C(=O)N2CCC3(CC2)C[C@@H](OC(C)C)c2ccccc2O3)ccc1C(C)(C)O. The minimum atomic E-state index is -0.924. The third-order valence-corrected chi connectivity index (χ3v) is 6.68. The van der Waals surface area contributed by atoms with Gasteiger partial charge in [-0.2, -0.15) is 0 Å². The van der Waals surface area contributed by atoms with Gasteiger partial charge in [-0.25, -0.2) is 0 Å². The molecule has 0 saturated carbocycles. The summed E-state index contributed by atoms with van der Waals surface area (Å²) >= 11 is 0. The molecule has 32 heavy (non-hydrogen) atoms. The lowest BCUT2D eigenvalue weighted by Crippen LogP contribution is -2.52. The fourth-order valence-corrected chi connectivity index (χ4v) is 5.10. The van der Waals surface area contributed by atoms with Gasteiger partial charge in [0.2, 0.25) is 0 Å². The molecule has 1 atom stereocenters. The molecule has 1 N–H and O–H groups in total. The number of aliphatic hydroxyl groups is 1. The molecule has 5 nitrogen and oxygen atoms in total. The van der Waals surface area contributed by atoms with Gasteiger partial charge in [0.1, 0.15) is 11.4 Å². The number of hydrogen-bond donors (Lipinski definition) is 1. The van der Waals surface area contributed by atoms with Gasteiger partial charge in [0.05, 0.1) is 17.8 Å². The van der Waals surface area contributed by atoms with Crippen LogP contribution in [0.1, 0.15) is 80.1 Å². The summed E-state index contributed by atoms with van der Waals surface area (Å²) in [6.07, 6.45) is 2.53. The van der Waals surface area contributed by atoms with Crippen molar-refractivity contribution >= 4 is 5.91 Å². The maximum atomic E-state index is 13.2. The highest BCUT2D eigenvalue weighted by molar-refractivity contribution is 5.94. The van der Waals surface area contributed by atoms with Crippen molar-refractivity contribution in [2.45, 2.75) is 77.3 Å². The Labute approximate surface area is 191 Å². The molecular formula is C27H35NO4. The van der Waals surface area contributed by atoms with Crippen LogP contribution in [0.4, 0.5) is 0 Å². The Kier molecular flexibility index (Phi) is 6.08. The molecule has 2 aliphatic heterocycles. The number of aryl methyl sites for hydroxylation is 1. The normalized spacial score (nSPS) is 20.2. The summed E-state index contributed by atoms with van der Waals surface area (Å²) in [6, 6.07) is 13.7. The second-order valence-corrected chi connectivity index (χ2v) is 10.1. The van der Waals surface area contributed by atoms with Crippen LogP contribution in [0, 0.1) is 6.92 Å². The number of rotatable bonds is 4. The molecular weight excluding hydrogens is 402 g/mol. The highest BCUT2D eigenvalue weighted by Crippen LogP contribution is 2.46. The van der Waals surface area contributed by atoms with E-state index >= 15 is 0 Å². The summed E-state index contributed by atoms with van der Waals surface area (Å²) in [5, 5.41) is 10.3. The van der Waals surface area contributed by atoms with Gasteiger partial charge in [0, 0.05) is 43.5 Å². The summed E-state index contributed by atoms with van der Waals surface area (Å²) in [4.78, 5) is 15.1. The summed E-state index contributed by atoms with van der Waals surface area (Å²) in [7, 11) is 0. The Morgan fingerprint density at radius 3 is 2.50 bits per heavy atom. The molecule has 0 unspecified atom stereocenters. The zero-order valence-corrected chi connectivity index (χ0v) is 19.9. The minimum absolute atomic E-state index is 0.0132. The predicted molar refractivity (Wildman–Crippen MR) is 125 cm³/mol. The molecule has 0 aromatic heterocycles. The van der Waals surface area contributed by atoms with Gasteiger partial charge in [-0.15, -0.1) is 0 Å². The van der Waals surface area contributed by atoms with Crippen molar-refractivity contribution in [1.82, 2.24) is 4.90 Å². The van der Waals surface area contributed by atoms with E-state index in [-0.39, 0.29) is 23.7 Å². The first-order valence-electron chi connectivity index (χ1n) is 11.6. The lowest BCUT2D eigenvalue weighted by molar-refractivity contribution is -0.0872. The highest BCUT2D eigenvalue weighted by atomic mass is 16.5. The summed E-state index contributed by atoms with van der Waals surface area (Å²) < 4.78 is 12.8. The molecule has 0 bridgehead atoms. The van der Waals surface area contributed by atoms with Crippen molar-refractivity contribution in [1.29, 1.82) is 0 Å². The Morgan fingerprint density at radius 1 is 1.19 bits per heavy atom. The van der Waals surface area contributed by atoms with Crippen molar-refractivity contribution < 1.29 is 19.4 Å². The van der Waals surface area contributed by atoms with Crippen LogP contribution in [0.25, 0.3) is 0 Å². The number of amides is 1. The van der Waals surface area contributed by atoms with Crippen LogP contribution in [-0.4, -0.2) is 40.7 Å². The van der Waals surface area contributed by atoms with Crippen molar-refractivity contribution in [2.75, 3.05) is 13.1 Å². The van der Waals surface area contributed by atoms with Crippen LogP contribution in [0.5, 0.6) is 5.75 Å². The van der Waals surface area contributed by atoms with Gasteiger partial charge < -0.3 is 19.5 Å². The molecule has 2 aliphatic rings. The second kappa shape index (κ2) is 8.53. The van der Waals surface area contributed by atoms with Crippen molar-refractivity contribution in [3.63, 3.8) is 0 Å². The molecule has 2 aromatic carbocycles. The van der Waals surface area contributed by atoms with Gasteiger partial charge in [-0.1, -0.05) is 24.3 Å². The molecule has 172 valence electrons. The molecule has 0 radical (unpaired) electrons. The number of carbonyl (C=O) groups excluding carboxylic acids is 1. The zero-order valence-electron chi connectivity index (χ0n) is 19.9. The van der Waals surface area contributed by atoms with E-state index in [1.807, 2.05) is 48.2 Å². The number of nitrogens with zero attached hydrogens (tertiary/aromatic N) is 1. The van der Waals surface area contributed by atoms with Crippen LogP contribution in [0.3, 0.4) is 0 Å².